The van der Waals surface area contributed by atoms with Gasteiger partial charge in [-0.2, -0.15) is 11.8 Å². The van der Waals surface area contributed by atoms with Crippen molar-refractivity contribution in [3.05, 3.63) is 11.1 Å². The Morgan fingerprint density at radius 3 is 2.92 bits per heavy atom. The molecule has 1 saturated carbocycles. The van der Waals surface area contributed by atoms with E-state index in [0.29, 0.717) is 5.13 Å². The van der Waals surface area contributed by atoms with Crippen molar-refractivity contribution in [3.63, 3.8) is 0 Å². The molecule has 2 rings (SSSR count). The highest BCUT2D eigenvalue weighted by molar-refractivity contribution is 7.99. The lowest BCUT2D eigenvalue weighted by atomic mass is 10.4. The number of thiazole rings is 1. The number of thioether (sulfide) groups is 1. The molecular weight excluding hydrogens is 200 g/mol. The zero-order valence-electron chi connectivity index (χ0n) is 7.53. The summed E-state index contributed by atoms with van der Waals surface area (Å²) in [7, 11) is 0. The first kappa shape index (κ1) is 9.34. The second kappa shape index (κ2) is 4.33. The first-order valence-electron chi connectivity index (χ1n) is 4.66. The van der Waals surface area contributed by atoms with Crippen LogP contribution in [-0.2, 0) is 5.75 Å². The van der Waals surface area contributed by atoms with Crippen molar-refractivity contribution in [3.8, 4) is 0 Å². The van der Waals surface area contributed by atoms with Gasteiger partial charge in [-0.25, -0.2) is 4.98 Å². The van der Waals surface area contributed by atoms with E-state index in [1.54, 1.807) is 11.3 Å². The highest BCUT2D eigenvalue weighted by atomic mass is 32.2. The number of nitrogen functional groups attached to an aromatic ring is 1. The van der Waals surface area contributed by atoms with E-state index in [0.717, 1.165) is 11.0 Å². The molecule has 0 atom stereocenters. The second-order valence-electron chi connectivity index (χ2n) is 3.38. The molecule has 0 amide bonds. The molecule has 1 aliphatic rings. The molecule has 0 unspecified atom stereocenters. The summed E-state index contributed by atoms with van der Waals surface area (Å²) in [5, 5.41) is 1.59. The second-order valence-corrected chi connectivity index (χ2v) is 5.82. The normalized spacial score (nSPS) is 18.2. The van der Waals surface area contributed by atoms with Crippen LogP contribution in [0, 0.1) is 0 Å². The van der Waals surface area contributed by atoms with Crippen molar-refractivity contribution < 1.29 is 0 Å². The van der Waals surface area contributed by atoms with E-state index < -0.39 is 0 Å². The predicted molar refractivity (Wildman–Crippen MR) is 60.1 cm³/mol. The lowest BCUT2D eigenvalue weighted by Crippen LogP contribution is -1.93. The summed E-state index contributed by atoms with van der Waals surface area (Å²) in [4.78, 5) is 5.36. The van der Waals surface area contributed by atoms with Gasteiger partial charge in [-0.05, 0) is 12.8 Å². The van der Waals surface area contributed by atoms with Gasteiger partial charge in [0.1, 0.15) is 0 Å². The van der Waals surface area contributed by atoms with Crippen molar-refractivity contribution in [2.24, 2.45) is 0 Å². The molecule has 0 bridgehead atoms. The zero-order valence-corrected chi connectivity index (χ0v) is 9.16. The maximum atomic E-state index is 5.56. The summed E-state index contributed by atoms with van der Waals surface area (Å²) in [5.74, 6) is 1.10. The Bertz CT molecular complexity index is 266. The van der Waals surface area contributed by atoms with Crippen molar-refractivity contribution >= 4 is 28.2 Å². The largest absolute Gasteiger partial charge is 0.375 e. The van der Waals surface area contributed by atoms with Gasteiger partial charge in [0.15, 0.2) is 5.13 Å². The average molecular weight is 214 g/mol. The Labute approximate surface area is 86.9 Å². The van der Waals surface area contributed by atoms with Crippen LogP contribution in [0.2, 0.25) is 0 Å². The van der Waals surface area contributed by atoms with Crippen molar-refractivity contribution in [1.82, 2.24) is 4.98 Å². The molecule has 13 heavy (non-hydrogen) atoms. The topological polar surface area (TPSA) is 38.9 Å². The standard InChI is InChI=1S/C9H14N2S2/c10-9-11-5-8(13-9)6-12-7-3-1-2-4-7/h5,7H,1-4,6H2,(H2,10,11). The molecule has 1 aromatic rings. The molecule has 0 aromatic carbocycles. The van der Waals surface area contributed by atoms with E-state index in [1.165, 1.54) is 30.6 Å². The van der Waals surface area contributed by atoms with Gasteiger partial charge < -0.3 is 5.73 Å². The quantitative estimate of drug-likeness (QED) is 0.841. The number of nitrogens with two attached hydrogens (primary N) is 1. The molecular formula is C9H14N2S2. The molecule has 0 aliphatic heterocycles. The molecule has 1 fully saturated rings. The Kier molecular flexibility index (Phi) is 3.11. The number of aromatic nitrogens is 1. The highest BCUT2D eigenvalue weighted by Gasteiger charge is 2.15. The molecule has 2 N–H and O–H groups in total. The van der Waals surface area contributed by atoms with Crippen LogP contribution in [0.4, 0.5) is 5.13 Å². The summed E-state index contributed by atoms with van der Waals surface area (Å²) in [6, 6.07) is 0. The Balaban J connectivity index is 1.78. The van der Waals surface area contributed by atoms with E-state index >= 15 is 0 Å². The number of hydrogen-bond acceptors (Lipinski definition) is 4. The Morgan fingerprint density at radius 2 is 2.31 bits per heavy atom. The maximum Gasteiger partial charge on any atom is 0.180 e. The van der Waals surface area contributed by atoms with Gasteiger partial charge in [0.25, 0.3) is 0 Å². The van der Waals surface area contributed by atoms with Gasteiger partial charge in [-0.15, -0.1) is 11.3 Å². The molecule has 0 spiro atoms. The van der Waals surface area contributed by atoms with E-state index in [9.17, 15) is 0 Å². The average Bonchev–Trinajstić information content (AvgIpc) is 2.71. The third-order valence-corrected chi connectivity index (χ3v) is 4.76. The van der Waals surface area contributed by atoms with E-state index in [2.05, 4.69) is 16.7 Å². The van der Waals surface area contributed by atoms with Crippen molar-refractivity contribution in [2.75, 3.05) is 5.73 Å². The fourth-order valence-electron chi connectivity index (χ4n) is 1.64. The minimum Gasteiger partial charge on any atom is -0.375 e. The molecule has 0 saturated heterocycles. The molecule has 1 aromatic heterocycles. The van der Waals surface area contributed by atoms with Crippen LogP contribution < -0.4 is 5.73 Å². The Morgan fingerprint density at radius 1 is 1.54 bits per heavy atom. The molecule has 1 aliphatic carbocycles. The van der Waals surface area contributed by atoms with Gasteiger partial charge in [0, 0.05) is 22.1 Å². The SMILES string of the molecule is Nc1ncc(CSC2CCCC2)s1. The fourth-order valence-corrected chi connectivity index (χ4v) is 3.70. The van der Waals surface area contributed by atoms with Crippen molar-refractivity contribution in [1.29, 1.82) is 0 Å². The van der Waals surface area contributed by atoms with Gasteiger partial charge in [-0.3, -0.25) is 0 Å². The van der Waals surface area contributed by atoms with Crippen LogP contribution in [0.5, 0.6) is 0 Å². The predicted octanol–water partition coefficient (Wildman–Crippen LogP) is 2.90. The third-order valence-electron chi connectivity index (χ3n) is 2.33. The van der Waals surface area contributed by atoms with Gasteiger partial charge in [-0.1, -0.05) is 12.8 Å². The van der Waals surface area contributed by atoms with Crippen LogP contribution in [0.1, 0.15) is 30.6 Å². The summed E-state index contributed by atoms with van der Waals surface area (Å²) in [5.41, 5.74) is 5.56. The van der Waals surface area contributed by atoms with E-state index in [1.807, 2.05) is 6.20 Å². The summed E-state index contributed by atoms with van der Waals surface area (Å²) in [6.45, 7) is 0. The lowest BCUT2D eigenvalue weighted by Gasteiger charge is -2.05. The maximum absolute atomic E-state index is 5.56. The van der Waals surface area contributed by atoms with Crippen LogP contribution in [-0.4, -0.2) is 10.2 Å². The minimum atomic E-state index is 0.696. The third kappa shape index (κ3) is 2.61. The first-order valence-corrected chi connectivity index (χ1v) is 6.53. The van der Waals surface area contributed by atoms with Gasteiger partial charge in [0.05, 0.1) is 0 Å². The van der Waals surface area contributed by atoms with Crippen LogP contribution in [0.15, 0.2) is 6.20 Å². The summed E-state index contributed by atoms with van der Waals surface area (Å²) < 4.78 is 0. The van der Waals surface area contributed by atoms with Gasteiger partial charge >= 0.3 is 0 Å². The van der Waals surface area contributed by atoms with Crippen molar-refractivity contribution in [2.45, 2.75) is 36.7 Å². The van der Waals surface area contributed by atoms with E-state index in [-0.39, 0.29) is 0 Å². The van der Waals surface area contributed by atoms with E-state index in [4.69, 9.17) is 5.73 Å². The highest BCUT2D eigenvalue weighted by Crippen LogP contribution is 2.32. The molecule has 0 radical (unpaired) electrons. The summed E-state index contributed by atoms with van der Waals surface area (Å²) in [6.07, 6.45) is 7.55. The smallest absolute Gasteiger partial charge is 0.180 e. The van der Waals surface area contributed by atoms with Crippen LogP contribution in [0.25, 0.3) is 0 Å². The number of hydrogen-bond donors (Lipinski definition) is 1. The zero-order chi connectivity index (χ0) is 9.10. The number of nitrogens with zero attached hydrogens (tertiary/aromatic N) is 1. The van der Waals surface area contributed by atoms with Gasteiger partial charge in [0.2, 0.25) is 0 Å². The molecule has 1 heterocycles. The molecule has 72 valence electrons. The first-order chi connectivity index (χ1) is 6.34. The number of anilines is 1. The number of rotatable bonds is 3. The monoisotopic (exact) mass is 214 g/mol. The fraction of sp³-hybridized carbons (Fsp3) is 0.667. The minimum absolute atomic E-state index is 0.696. The Hall–Kier alpha value is -0.220. The molecule has 4 heteroatoms. The lowest BCUT2D eigenvalue weighted by molar-refractivity contribution is 0.886. The summed E-state index contributed by atoms with van der Waals surface area (Å²) >= 11 is 3.68. The molecule has 2 nitrogen and oxygen atoms in total. The van der Waals surface area contributed by atoms with Crippen LogP contribution in [0.3, 0.4) is 0 Å². The van der Waals surface area contributed by atoms with Crippen LogP contribution >= 0.6 is 23.1 Å².